The van der Waals surface area contributed by atoms with Gasteiger partial charge in [-0.1, -0.05) is 64.0 Å². The van der Waals surface area contributed by atoms with Crippen molar-refractivity contribution in [3.63, 3.8) is 0 Å². The van der Waals surface area contributed by atoms with E-state index >= 15 is 0 Å². The third-order valence-corrected chi connectivity index (χ3v) is 4.92. The van der Waals surface area contributed by atoms with E-state index in [1.807, 2.05) is 0 Å². The van der Waals surface area contributed by atoms with Gasteiger partial charge in [-0.05, 0) is 37.7 Å². The monoisotopic (exact) mass is 378 g/mol. The van der Waals surface area contributed by atoms with Crippen LogP contribution in [0.15, 0.2) is 24.3 Å². The second-order valence-corrected chi connectivity index (χ2v) is 7.48. The van der Waals surface area contributed by atoms with Gasteiger partial charge in [0.05, 0.1) is 18.8 Å². The van der Waals surface area contributed by atoms with Gasteiger partial charge in [0.1, 0.15) is 0 Å². The Labute approximate surface area is 165 Å². The third kappa shape index (κ3) is 11.1. The Morgan fingerprint density at radius 2 is 1.70 bits per heavy atom. The topological polar surface area (TPSA) is 64.0 Å². The molecule has 1 aliphatic heterocycles. The maximum atomic E-state index is 10.4. The fourth-order valence-electron chi connectivity index (χ4n) is 3.25. The van der Waals surface area contributed by atoms with Crippen molar-refractivity contribution in [1.29, 1.82) is 0 Å². The summed E-state index contributed by atoms with van der Waals surface area (Å²) in [7, 11) is 2.22. The molecule has 1 aliphatic rings. The van der Waals surface area contributed by atoms with Gasteiger partial charge >= 0.3 is 5.97 Å². The minimum absolute atomic E-state index is 0.124. The molecule has 0 spiro atoms. The van der Waals surface area contributed by atoms with Crippen molar-refractivity contribution in [2.45, 2.75) is 64.9 Å². The highest BCUT2D eigenvalue weighted by atomic mass is 16.4. The van der Waals surface area contributed by atoms with Gasteiger partial charge in [-0.2, -0.15) is 0 Å². The van der Waals surface area contributed by atoms with Crippen molar-refractivity contribution in [3.05, 3.63) is 35.4 Å². The molecular weight excluding hydrogens is 340 g/mol. The van der Waals surface area contributed by atoms with Gasteiger partial charge < -0.3 is 10.2 Å². The van der Waals surface area contributed by atoms with Crippen LogP contribution in [0.4, 0.5) is 0 Å². The minimum atomic E-state index is -0.972. The summed E-state index contributed by atoms with van der Waals surface area (Å²) in [5.41, 5.74) is 0.821. The quantitative estimate of drug-likeness (QED) is 0.565. The Hall–Kier alpha value is -1.43. The zero-order valence-electron chi connectivity index (χ0n) is 17.2. The van der Waals surface area contributed by atoms with E-state index in [1.54, 1.807) is 12.1 Å². The van der Waals surface area contributed by atoms with Crippen LogP contribution in [0.1, 0.15) is 74.2 Å². The average Bonchev–Trinajstić information content (AvgIpc) is 3.09. The van der Waals surface area contributed by atoms with Crippen molar-refractivity contribution in [2.24, 2.45) is 0 Å². The van der Waals surface area contributed by atoms with Crippen LogP contribution in [-0.4, -0.2) is 59.3 Å². The Morgan fingerprint density at radius 3 is 2.26 bits per heavy atom. The van der Waals surface area contributed by atoms with E-state index in [1.165, 1.54) is 89.8 Å². The standard InChI is InChI=1S/C14H30N2.C8H8O3/c1-3-4-5-6-7-8-9-10-11-16-13-12-15(2)14-16;9-5-6-2-1-3-7(4-6)8(10)11/h3-14H2,1-2H3;1-4,9H,5H2,(H,10,11). The second-order valence-electron chi connectivity index (χ2n) is 7.48. The van der Waals surface area contributed by atoms with Crippen LogP contribution in [0.25, 0.3) is 0 Å². The Morgan fingerprint density at radius 1 is 1.04 bits per heavy atom. The Kier molecular flexibility index (Phi) is 12.8. The molecule has 0 unspecified atom stereocenters. The molecule has 1 heterocycles. The van der Waals surface area contributed by atoms with Gasteiger partial charge in [-0.15, -0.1) is 0 Å². The van der Waals surface area contributed by atoms with Crippen molar-refractivity contribution in [3.8, 4) is 0 Å². The zero-order chi connectivity index (χ0) is 19.9. The third-order valence-electron chi connectivity index (χ3n) is 4.92. The van der Waals surface area contributed by atoms with Crippen molar-refractivity contribution < 1.29 is 15.0 Å². The second kappa shape index (κ2) is 14.6. The maximum Gasteiger partial charge on any atom is 0.335 e. The smallest absolute Gasteiger partial charge is 0.335 e. The molecule has 1 saturated heterocycles. The molecule has 1 aromatic carbocycles. The van der Waals surface area contributed by atoms with Crippen LogP contribution >= 0.6 is 0 Å². The fraction of sp³-hybridized carbons (Fsp3) is 0.682. The number of rotatable bonds is 11. The number of hydrogen-bond donors (Lipinski definition) is 2. The first kappa shape index (κ1) is 23.6. The Balaban J connectivity index is 0.000000289. The fourth-order valence-corrected chi connectivity index (χ4v) is 3.25. The summed E-state index contributed by atoms with van der Waals surface area (Å²) >= 11 is 0. The SMILES string of the molecule is CCCCCCCCCCN1CCN(C)C1.O=C(O)c1cccc(CO)c1. The highest BCUT2D eigenvalue weighted by molar-refractivity contribution is 5.87. The number of hydrogen-bond acceptors (Lipinski definition) is 4. The number of benzene rings is 1. The van der Waals surface area contributed by atoms with Crippen LogP contribution in [0.3, 0.4) is 0 Å². The molecule has 1 aromatic rings. The number of aliphatic hydroxyl groups is 1. The number of unbranched alkanes of at least 4 members (excludes halogenated alkanes) is 7. The van der Waals surface area contributed by atoms with Crippen molar-refractivity contribution in [1.82, 2.24) is 9.80 Å². The molecule has 0 radical (unpaired) electrons. The zero-order valence-corrected chi connectivity index (χ0v) is 17.2. The highest BCUT2D eigenvalue weighted by Crippen LogP contribution is 2.10. The van der Waals surface area contributed by atoms with E-state index < -0.39 is 5.97 Å². The van der Waals surface area contributed by atoms with Crippen molar-refractivity contribution in [2.75, 3.05) is 33.4 Å². The predicted octanol–water partition coefficient (Wildman–Crippen LogP) is 4.21. The summed E-state index contributed by atoms with van der Waals surface area (Å²) in [6.07, 6.45) is 11.5. The molecule has 0 aliphatic carbocycles. The predicted molar refractivity (Wildman–Crippen MR) is 111 cm³/mol. The summed E-state index contributed by atoms with van der Waals surface area (Å²) in [5.74, 6) is -0.972. The van der Waals surface area contributed by atoms with E-state index in [9.17, 15) is 4.79 Å². The van der Waals surface area contributed by atoms with Crippen LogP contribution in [0, 0.1) is 0 Å². The van der Waals surface area contributed by atoms with E-state index in [0.717, 1.165) is 0 Å². The van der Waals surface area contributed by atoms with Gasteiger partial charge in [0.2, 0.25) is 0 Å². The number of carbonyl (C=O) groups is 1. The van der Waals surface area contributed by atoms with Crippen LogP contribution < -0.4 is 0 Å². The number of aromatic carboxylic acids is 1. The summed E-state index contributed by atoms with van der Waals surface area (Å²) in [5, 5.41) is 17.2. The van der Waals surface area contributed by atoms with Gasteiger partial charge in [0.15, 0.2) is 0 Å². The summed E-state index contributed by atoms with van der Waals surface area (Å²) in [6, 6.07) is 6.21. The van der Waals surface area contributed by atoms with Crippen LogP contribution in [0.5, 0.6) is 0 Å². The average molecular weight is 379 g/mol. The van der Waals surface area contributed by atoms with Crippen molar-refractivity contribution >= 4 is 5.97 Å². The van der Waals surface area contributed by atoms with Gasteiger partial charge in [-0.3, -0.25) is 9.80 Å². The van der Waals surface area contributed by atoms with Crippen LogP contribution in [-0.2, 0) is 6.61 Å². The molecule has 154 valence electrons. The summed E-state index contributed by atoms with van der Waals surface area (Å²) in [4.78, 5) is 15.4. The molecule has 0 bridgehead atoms. The minimum Gasteiger partial charge on any atom is -0.478 e. The molecule has 0 atom stereocenters. The van der Waals surface area contributed by atoms with E-state index in [-0.39, 0.29) is 12.2 Å². The maximum absolute atomic E-state index is 10.4. The van der Waals surface area contributed by atoms with Crippen LogP contribution in [0.2, 0.25) is 0 Å². The van der Waals surface area contributed by atoms with E-state index in [2.05, 4.69) is 23.8 Å². The van der Waals surface area contributed by atoms with Gasteiger partial charge in [0.25, 0.3) is 0 Å². The lowest BCUT2D eigenvalue weighted by Crippen LogP contribution is -2.24. The van der Waals surface area contributed by atoms with Gasteiger partial charge in [0, 0.05) is 13.1 Å². The number of aliphatic hydroxyl groups excluding tert-OH is 1. The molecule has 5 heteroatoms. The molecule has 27 heavy (non-hydrogen) atoms. The normalized spacial score (nSPS) is 14.8. The number of carboxylic acids is 1. The molecule has 0 amide bonds. The Bertz CT molecular complexity index is 522. The summed E-state index contributed by atoms with van der Waals surface area (Å²) in [6.45, 7) is 7.22. The first-order valence-corrected chi connectivity index (χ1v) is 10.4. The number of likely N-dealkylation sites (N-methyl/N-ethyl adjacent to an activating group) is 1. The molecule has 2 rings (SSSR count). The first-order chi connectivity index (χ1) is 13.1. The van der Waals surface area contributed by atoms with E-state index in [0.29, 0.717) is 5.56 Å². The molecule has 5 nitrogen and oxygen atoms in total. The first-order valence-electron chi connectivity index (χ1n) is 10.4. The lowest BCUT2D eigenvalue weighted by Gasteiger charge is -2.14. The molecule has 2 N–H and O–H groups in total. The number of nitrogens with zero attached hydrogens (tertiary/aromatic N) is 2. The number of carboxylic acid groups (broad SMARTS) is 1. The van der Waals surface area contributed by atoms with Gasteiger partial charge in [-0.25, -0.2) is 4.79 Å². The largest absolute Gasteiger partial charge is 0.478 e. The molecule has 1 fully saturated rings. The summed E-state index contributed by atoms with van der Waals surface area (Å²) < 4.78 is 0. The molecular formula is C22H38N2O3. The lowest BCUT2D eigenvalue weighted by molar-refractivity contribution is 0.0696. The molecule has 0 aromatic heterocycles. The lowest BCUT2D eigenvalue weighted by atomic mass is 10.1. The highest BCUT2D eigenvalue weighted by Gasteiger charge is 2.14. The van der Waals surface area contributed by atoms with E-state index in [4.69, 9.17) is 10.2 Å². The molecule has 0 saturated carbocycles.